The summed E-state index contributed by atoms with van der Waals surface area (Å²) in [6.07, 6.45) is 2.76. The normalized spacial score (nSPS) is 22.9. The molecule has 2 aromatic rings. The minimum Gasteiger partial charge on any atom is -0.381 e. The molecule has 3 aliphatic heterocycles. The van der Waals surface area contributed by atoms with Crippen molar-refractivity contribution in [2.75, 3.05) is 42.6 Å². The van der Waals surface area contributed by atoms with Gasteiger partial charge in [-0.05, 0) is 69.0 Å². The van der Waals surface area contributed by atoms with Crippen molar-refractivity contribution in [3.8, 4) is 0 Å². The standard InChI is InChI=1S/C25H30N2O5S/c1-19-2-8-23(9-3-19)33(29,30)32-22-10-14-26(18-22)20-4-6-21(7-5-20)27-15-11-25(24(27)28)12-16-31-17-13-25/h2-9,22H,10-18H2,1H3/t22-/m1/s1. The first-order chi connectivity index (χ1) is 15.9. The lowest BCUT2D eigenvalue weighted by atomic mass is 9.79. The summed E-state index contributed by atoms with van der Waals surface area (Å²) in [6.45, 7) is 5.22. The molecule has 1 spiro atoms. The number of amides is 1. The van der Waals surface area contributed by atoms with Crippen LogP contribution in [0.5, 0.6) is 0 Å². The molecule has 5 rings (SSSR count). The fraction of sp³-hybridized carbons (Fsp3) is 0.480. The minimum absolute atomic E-state index is 0.188. The van der Waals surface area contributed by atoms with Crippen LogP contribution in [0.3, 0.4) is 0 Å². The summed E-state index contributed by atoms with van der Waals surface area (Å²) in [4.78, 5) is 17.3. The lowest BCUT2D eigenvalue weighted by Gasteiger charge is -2.31. The predicted molar refractivity (Wildman–Crippen MR) is 126 cm³/mol. The van der Waals surface area contributed by atoms with E-state index in [9.17, 15) is 13.2 Å². The molecule has 0 aromatic heterocycles. The van der Waals surface area contributed by atoms with Crippen LogP contribution in [-0.2, 0) is 23.8 Å². The van der Waals surface area contributed by atoms with Crippen molar-refractivity contribution in [1.82, 2.24) is 0 Å². The summed E-state index contributed by atoms with van der Waals surface area (Å²) in [7, 11) is -3.78. The van der Waals surface area contributed by atoms with Crippen LogP contribution < -0.4 is 9.80 Å². The Balaban J connectivity index is 1.22. The number of rotatable bonds is 5. The highest BCUT2D eigenvalue weighted by Crippen LogP contribution is 2.42. The fourth-order valence-corrected chi connectivity index (χ4v) is 6.21. The predicted octanol–water partition coefficient (Wildman–Crippen LogP) is 3.51. The van der Waals surface area contributed by atoms with E-state index < -0.39 is 10.1 Å². The van der Waals surface area contributed by atoms with Crippen molar-refractivity contribution in [3.05, 3.63) is 54.1 Å². The average Bonchev–Trinajstić information content (AvgIpc) is 3.39. The third-order valence-electron chi connectivity index (χ3n) is 7.21. The summed E-state index contributed by atoms with van der Waals surface area (Å²) in [6, 6.07) is 14.7. The van der Waals surface area contributed by atoms with Crippen molar-refractivity contribution < 1.29 is 22.1 Å². The Bertz CT molecular complexity index is 1110. The second kappa shape index (κ2) is 8.74. The third-order valence-corrected chi connectivity index (χ3v) is 8.58. The number of hydrogen-bond donors (Lipinski definition) is 0. The second-order valence-corrected chi connectivity index (χ2v) is 10.9. The molecular formula is C25H30N2O5S. The number of aryl methyl sites for hydroxylation is 1. The molecule has 2 aromatic carbocycles. The Kier molecular flexibility index (Phi) is 5.93. The third kappa shape index (κ3) is 4.39. The lowest BCUT2D eigenvalue weighted by molar-refractivity contribution is -0.130. The van der Waals surface area contributed by atoms with E-state index in [2.05, 4.69) is 4.90 Å². The van der Waals surface area contributed by atoms with Gasteiger partial charge in [-0.3, -0.25) is 8.98 Å². The zero-order valence-electron chi connectivity index (χ0n) is 18.9. The van der Waals surface area contributed by atoms with Gasteiger partial charge in [0, 0.05) is 44.2 Å². The molecule has 0 N–H and O–H groups in total. The molecule has 0 unspecified atom stereocenters. The molecular weight excluding hydrogens is 440 g/mol. The molecule has 3 aliphatic rings. The number of carbonyl (C=O) groups excluding carboxylic acids is 1. The Morgan fingerprint density at radius 2 is 1.61 bits per heavy atom. The van der Waals surface area contributed by atoms with Gasteiger partial charge in [0.05, 0.1) is 16.4 Å². The number of benzene rings is 2. The van der Waals surface area contributed by atoms with Gasteiger partial charge in [0.1, 0.15) is 0 Å². The maximum Gasteiger partial charge on any atom is 0.297 e. The van der Waals surface area contributed by atoms with Crippen LogP contribution in [0.1, 0.15) is 31.2 Å². The Morgan fingerprint density at radius 1 is 0.939 bits per heavy atom. The van der Waals surface area contributed by atoms with Gasteiger partial charge in [-0.25, -0.2) is 0 Å². The number of carbonyl (C=O) groups is 1. The summed E-state index contributed by atoms with van der Waals surface area (Å²) >= 11 is 0. The Morgan fingerprint density at radius 3 is 2.30 bits per heavy atom. The topological polar surface area (TPSA) is 76.2 Å². The van der Waals surface area contributed by atoms with Crippen molar-refractivity contribution >= 4 is 27.4 Å². The maximum atomic E-state index is 13.1. The second-order valence-electron chi connectivity index (χ2n) is 9.34. The maximum absolute atomic E-state index is 13.1. The van der Waals surface area contributed by atoms with E-state index in [0.717, 1.165) is 49.3 Å². The SMILES string of the molecule is Cc1ccc(S(=O)(=O)O[C@@H]2CCN(c3ccc(N4CCC5(CCOCC5)C4=O)cc3)C2)cc1. The van der Waals surface area contributed by atoms with Crippen LogP contribution in [0.15, 0.2) is 53.4 Å². The van der Waals surface area contributed by atoms with Crippen LogP contribution >= 0.6 is 0 Å². The first kappa shape index (κ1) is 22.4. The van der Waals surface area contributed by atoms with Crippen molar-refractivity contribution in [3.63, 3.8) is 0 Å². The molecule has 8 heteroatoms. The smallest absolute Gasteiger partial charge is 0.297 e. The molecule has 3 heterocycles. The first-order valence-electron chi connectivity index (χ1n) is 11.6. The Labute approximate surface area is 195 Å². The van der Waals surface area contributed by atoms with Gasteiger partial charge in [0.15, 0.2) is 0 Å². The quantitative estimate of drug-likeness (QED) is 0.623. The molecule has 1 amide bonds. The van der Waals surface area contributed by atoms with Crippen LogP contribution in [0.25, 0.3) is 0 Å². The van der Waals surface area contributed by atoms with E-state index in [0.29, 0.717) is 26.2 Å². The molecule has 0 saturated carbocycles. The molecule has 3 saturated heterocycles. The molecule has 3 fully saturated rings. The van der Waals surface area contributed by atoms with Crippen LogP contribution in [0.2, 0.25) is 0 Å². The fourth-order valence-electron chi connectivity index (χ4n) is 5.12. The van der Waals surface area contributed by atoms with E-state index in [1.54, 1.807) is 24.3 Å². The molecule has 7 nitrogen and oxygen atoms in total. The zero-order valence-corrected chi connectivity index (χ0v) is 19.7. The van der Waals surface area contributed by atoms with Gasteiger partial charge in [-0.2, -0.15) is 8.42 Å². The molecule has 0 bridgehead atoms. The van der Waals surface area contributed by atoms with Crippen molar-refractivity contribution in [2.45, 2.75) is 43.6 Å². The molecule has 0 aliphatic carbocycles. The van der Waals surface area contributed by atoms with E-state index in [1.807, 2.05) is 36.1 Å². The van der Waals surface area contributed by atoms with Crippen molar-refractivity contribution in [2.24, 2.45) is 5.41 Å². The van der Waals surface area contributed by atoms with E-state index in [-0.39, 0.29) is 22.3 Å². The lowest BCUT2D eigenvalue weighted by Crippen LogP contribution is -2.38. The summed E-state index contributed by atoms with van der Waals surface area (Å²) < 4.78 is 36.2. The van der Waals surface area contributed by atoms with E-state index >= 15 is 0 Å². The highest BCUT2D eigenvalue weighted by molar-refractivity contribution is 7.86. The average molecular weight is 471 g/mol. The number of nitrogens with zero attached hydrogens (tertiary/aromatic N) is 2. The molecule has 1 atom stereocenters. The number of hydrogen-bond acceptors (Lipinski definition) is 6. The van der Waals surface area contributed by atoms with Gasteiger partial charge in [-0.1, -0.05) is 17.7 Å². The molecule has 0 radical (unpaired) electrons. The van der Waals surface area contributed by atoms with Crippen molar-refractivity contribution in [1.29, 1.82) is 0 Å². The summed E-state index contributed by atoms with van der Waals surface area (Å²) in [5.41, 5.74) is 2.67. The number of ether oxygens (including phenoxy) is 1. The minimum atomic E-state index is -3.78. The Hall–Kier alpha value is -2.42. The van der Waals surface area contributed by atoms with Gasteiger partial charge >= 0.3 is 0 Å². The summed E-state index contributed by atoms with van der Waals surface area (Å²) in [5, 5.41) is 0. The zero-order chi connectivity index (χ0) is 23.1. The monoisotopic (exact) mass is 470 g/mol. The van der Waals surface area contributed by atoms with Gasteiger partial charge in [0.25, 0.3) is 10.1 Å². The van der Waals surface area contributed by atoms with Gasteiger partial charge in [0.2, 0.25) is 5.91 Å². The van der Waals surface area contributed by atoms with Crippen LogP contribution in [-0.4, -0.2) is 53.3 Å². The van der Waals surface area contributed by atoms with Gasteiger partial charge < -0.3 is 14.5 Å². The molecule has 176 valence electrons. The van der Waals surface area contributed by atoms with Crippen LogP contribution in [0.4, 0.5) is 11.4 Å². The molecule has 33 heavy (non-hydrogen) atoms. The van der Waals surface area contributed by atoms with E-state index in [4.69, 9.17) is 8.92 Å². The largest absolute Gasteiger partial charge is 0.381 e. The first-order valence-corrected chi connectivity index (χ1v) is 13.0. The van der Waals surface area contributed by atoms with Gasteiger partial charge in [-0.15, -0.1) is 0 Å². The van der Waals surface area contributed by atoms with Crippen LogP contribution in [0, 0.1) is 12.3 Å². The highest BCUT2D eigenvalue weighted by atomic mass is 32.2. The highest BCUT2D eigenvalue weighted by Gasteiger charge is 2.47. The summed E-state index contributed by atoms with van der Waals surface area (Å²) in [5.74, 6) is 0.217. The van der Waals surface area contributed by atoms with E-state index in [1.165, 1.54) is 0 Å². The number of anilines is 2.